The molecule has 1 aliphatic heterocycles. The van der Waals surface area contributed by atoms with Crippen molar-refractivity contribution in [3.8, 4) is 0 Å². The van der Waals surface area contributed by atoms with Gasteiger partial charge < -0.3 is 10.6 Å². The number of anilines is 2. The molecule has 0 saturated heterocycles. The second-order valence-corrected chi connectivity index (χ2v) is 7.22. The van der Waals surface area contributed by atoms with Gasteiger partial charge in [-0.3, -0.25) is 4.98 Å². The molecule has 1 saturated carbocycles. The van der Waals surface area contributed by atoms with Crippen molar-refractivity contribution in [3.05, 3.63) is 53.3 Å². The lowest BCUT2D eigenvalue weighted by molar-refractivity contribution is 0.271. The van der Waals surface area contributed by atoms with Crippen molar-refractivity contribution in [3.63, 3.8) is 0 Å². The van der Waals surface area contributed by atoms with E-state index < -0.39 is 0 Å². The topological polar surface area (TPSA) is 42.1 Å². The Morgan fingerprint density at radius 1 is 1.22 bits per heavy atom. The molecule has 0 radical (unpaired) electrons. The van der Waals surface area contributed by atoms with E-state index in [-0.39, 0.29) is 5.54 Å². The lowest BCUT2D eigenvalue weighted by Gasteiger charge is -2.42. The number of nitrogen functional groups attached to an aromatic ring is 1. The van der Waals surface area contributed by atoms with Gasteiger partial charge in [0.05, 0.1) is 22.6 Å². The van der Waals surface area contributed by atoms with Crippen LogP contribution in [0.2, 0.25) is 0 Å². The lowest BCUT2D eigenvalue weighted by atomic mass is 9.76. The number of aromatic nitrogens is 1. The molecule has 1 fully saturated rings. The van der Waals surface area contributed by atoms with E-state index in [4.69, 9.17) is 10.7 Å². The van der Waals surface area contributed by atoms with Crippen LogP contribution in [-0.2, 0) is 12.0 Å². The molecule has 1 aromatic carbocycles. The van der Waals surface area contributed by atoms with E-state index in [0.29, 0.717) is 5.92 Å². The van der Waals surface area contributed by atoms with Gasteiger partial charge >= 0.3 is 0 Å². The fourth-order valence-electron chi connectivity index (χ4n) is 4.95. The number of nitrogens with two attached hydrogens (primary N) is 1. The fraction of sp³-hybridized carbons (Fsp3) is 0.450. The summed E-state index contributed by atoms with van der Waals surface area (Å²) in [6, 6.07) is 10.7. The molecule has 1 aromatic heterocycles. The largest absolute Gasteiger partial charge is 0.397 e. The minimum Gasteiger partial charge on any atom is -0.397 e. The first-order valence-corrected chi connectivity index (χ1v) is 8.67. The predicted octanol–water partition coefficient (Wildman–Crippen LogP) is 4.05. The molecule has 120 valence electrons. The van der Waals surface area contributed by atoms with Crippen LogP contribution in [0.15, 0.2) is 36.5 Å². The third-order valence-corrected chi connectivity index (χ3v) is 5.90. The molecular weight excluding hydrogens is 282 g/mol. The normalized spacial score (nSPS) is 24.2. The number of aryl methyl sites for hydroxylation is 1. The Morgan fingerprint density at radius 3 is 2.70 bits per heavy atom. The maximum Gasteiger partial charge on any atom is 0.0890 e. The molecule has 2 aliphatic rings. The minimum absolute atomic E-state index is 0.0397. The van der Waals surface area contributed by atoms with Crippen molar-refractivity contribution in [1.29, 1.82) is 0 Å². The highest BCUT2D eigenvalue weighted by Gasteiger charge is 2.51. The van der Waals surface area contributed by atoms with E-state index in [1.807, 2.05) is 12.3 Å². The van der Waals surface area contributed by atoms with Crippen LogP contribution >= 0.6 is 0 Å². The summed E-state index contributed by atoms with van der Waals surface area (Å²) >= 11 is 0. The Morgan fingerprint density at radius 2 is 2.00 bits per heavy atom. The Bertz CT molecular complexity index is 719. The Balaban J connectivity index is 1.90. The number of benzene rings is 1. The highest BCUT2D eigenvalue weighted by Crippen LogP contribution is 2.54. The maximum atomic E-state index is 6.40. The van der Waals surface area contributed by atoms with Crippen molar-refractivity contribution in [2.75, 3.05) is 17.7 Å². The van der Waals surface area contributed by atoms with E-state index in [0.717, 1.165) is 12.1 Å². The van der Waals surface area contributed by atoms with Gasteiger partial charge in [-0.15, -0.1) is 0 Å². The van der Waals surface area contributed by atoms with Crippen LogP contribution in [0.25, 0.3) is 0 Å². The average molecular weight is 307 g/mol. The molecule has 2 aromatic rings. The summed E-state index contributed by atoms with van der Waals surface area (Å²) in [6.07, 6.45) is 8.18. The molecule has 3 heteroatoms. The molecule has 1 unspecified atom stereocenters. The molecule has 4 rings (SSSR count). The number of hydrogen-bond acceptors (Lipinski definition) is 3. The second-order valence-electron chi connectivity index (χ2n) is 7.22. The van der Waals surface area contributed by atoms with Gasteiger partial charge in [0.1, 0.15) is 0 Å². The van der Waals surface area contributed by atoms with E-state index in [9.17, 15) is 0 Å². The summed E-state index contributed by atoms with van der Waals surface area (Å²) in [5.74, 6) is 0.648. The number of rotatable bonds is 2. The highest BCUT2D eigenvalue weighted by molar-refractivity contribution is 5.77. The standard InChI is InChI=1S/C20H25N3/c1-14-11-15-13-20(16-7-3-4-8-16,18-9-5-6-10-22-18)23(2)19(15)17(21)12-14/h5-6,9-12,16H,3-4,7-8,13,21H2,1-2H3. The molecule has 0 amide bonds. The van der Waals surface area contributed by atoms with Crippen molar-refractivity contribution >= 4 is 11.4 Å². The third kappa shape index (κ3) is 2.06. The van der Waals surface area contributed by atoms with Gasteiger partial charge in [0.25, 0.3) is 0 Å². The van der Waals surface area contributed by atoms with E-state index in [2.05, 4.69) is 43.1 Å². The summed E-state index contributed by atoms with van der Waals surface area (Å²) < 4.78 is 0. The van der Waals surface area contributed by atoms with Crippen LogP contribution < -0.4 is 10.6 Å². The van der Waals surface area contributed by atoms with Gasteiger partial charge in [0.2, 0.25) is 0 Å². The quantitative estimate of drug-likeness (QED) is 0.851. The number of nitrogens with zero attached hydrogens (tertiary/aromatic N) is 2. The highest BCUT2D eigenvalue weighted by atomic mass is 15.2. The molecule has 0 bridgehead atoms. The monoisotopic (exact) mass is 307 g/mol. The molecule has 2 N–H and O–H groups in total. The van der Waals surface area contributed by atoms with Gasteiger partial charge in [-0.1, -0.05) is 25.0 Å². The van der Waals surface area contributed by atoms with Crippen LogP contribution in [0.1, 0.15) is 42.5 Å². The minimum atomic E-state index is -0.0397. The van der Waals surface area contributed by atoms with E-state index in [1.165, 1.54) is 48.2 Å². The van der Waals surface area contributed by atoms with E-state index >= 15 is 0 Å². The van der Waals surface area contributed by atoms with Crippen LogP contribution in [0.5, 0.6) is 0 Å². The second kappa shape index (κ2) is 5.26. The summed E-state index contributed by atoms with van der Waals surface area (Å²) in [6.45, 7) is 2.13. The van der Waals surface area contributed by atoms with Crippen LogP contribution in [0, 0.1) is 12.8 Å². The Hall–Kier alpha value is -2.03. The average Bonchev–Trinajstić information content (AvgIpc) is 3.15. The maximum absolute atomic E-state index is 6.40. The smallest absolute Gasteiger partial charge is 0.0890 e. The molecule has 0 spiro atoms. The number of fused-ring (bicyclic) bond motifs is 1. The van der Waals surface area contributed by atoms with Gasteiger partial charge in [0.15, 0.2) is 0 Å². The predicted molar refractivity (Wildman–Crippen MR) is 95.6 cm³/mol. The number of likely N-dealkylation sites (N-methyl/N-ethyl adjacent to an activating group) is 1. The summed E-state index contributed by atoms with van der Waals surface area (Å²) in [7, 11) is 2.21. The van der Waals surface area contributed by atoms with Crippen LogP contribution in [0.3, 0.4) is 0 Å². The SMILES string of the molecule is Cc1cc(N)c2c(c1)CC(c1ccccn1)(C1CCCC1)N2C. The number of hydrogen-bond donors (Lipinski definition) is 1. The zero-order valence-electron chi connectivity index (χ0n) is 14.0. The zero-order valence-corrected chi connectivity index (χ0v) is 14.0. The van der Waals surface area contributed by atoms with Gasteiger partial charge in [-0.2, -0.15) is 0 Å². The Labute approximate surface area is 138 Å². The third-order valence-electron chi connectivity index (χ3n) is 5.90. The summed E-state index contributed by atoms with van der Waals surface area (Å²) in [5.41, 5.74) is 12.3. The first kappa shape index (κ1) is 14.6. The molecule has 3 nitrogen and oxygen atoms in total. The van der Waals surface area contributed by atoms with Crippen LogP contribution in [-0.4, -0.2) is 12.0 Å². The molecular formula is C20H25N3. The molecule has 1 atom stereocenters. The fourth-order valence-corrected chi connectivity index (χ4v) is 4.95. The van der Waals surface area contributed by atoms with Crippen molar-refractivity contribution < 1.29 is 0 Å². The number of pyridine rings is 1. The van der Waals surface area contributed by atoms with Crippen molar-refractivity contribution in [2.45, 2.75) is 44.6 Å². The first-order chi connectivity index (χ1) is 11.1. The molecule has 23 heavy (non-hydrogen) atoms. The molecule has 1 aliphatic carbocycles. The van der Waals surface area contributed by atoms with E-state index in [1.54, 1.807) is 0 Å². The van der Waals surface area contributed by atoms with Crippen molar-refractivity contribution in [1.82, 2.24) is 4.98 Å². The lowest BCUT2D eigenvalue weighted by Crippen LogP contribution is -2.48. The van der Waals surface area contributed by atoms with Crippen LogP contribution in [0.4, 0.5) is 11.4 Å². The van der Waals surface area contributed by atoms with Crippen molar-refractivity contribution in [2.24, 2.45) is 5.92 Å². The first-order valence-electron chi connectivity index (χ1n) is 8.67. The van der Waals surface area contributed by atoms with Gasteiger partial charge in [-0.05, 0) is 55.0 Å². The molecule has 2 heterocycles. The van der Waals surface area contributed by atoms with Gasteiger partial charge in [-0.25, -0.2) is 0 Å². The zero-order chi connectivity index (χ0) is 16.0. The van der Waals surface area contributed by atoms with Gasteiger partial charge in [0, 0.05) is 19.7 Å². The summed E-state index contributed by atoms with van der Waals surface area (Å²) in [5, 5.41) is 0. The summed E-state index contributed by atoms with van der Waals surface area (Å²) in [4.78, 5) is 7.22. The Kier molecular flexibility index (Phi) is 3.33.